The third-order valence-electron chi connectivity index (χ3n) is 4.67. The maximum atomic E-state index is 12.8. The molecule has 0 saturated carbocycles. The fraction of sp³-hybridized carbons (Fsp3) is 0.476. The number of Topliss-reactive ketones (excluding diaryl/α,β-unsaturated/α-hetero) is 1. The Morgan fingerprint density at radius 2 is 1.67 bits per heavy atom. The summed E-state index contributed by atoms with van der Waals surface area (Å²) in [5, 5.41) is 1.64. The molecule has 0 aliphatic carbocycles. The number of nitrogens with one attached hydrogen (secondary N) is 1. The van der Waals surface area contributed by atoms with Gasteiger partial charge in [-0.3, -0.25) is 4.79 Å². The lowest BCUT2D eigenvalue weighted by Crippen LogP contribution is -2.25. The van der Waals surface area contributed by atoms with Gasteiger partial charge in [0.25, 0.3) is 0 Å². The van der Waals surface area contributed by atoms with Crippen molar-refractivity contribution in [3.63, 3.8) is 0 Å². The number of sulfonamides is 1. The van der Waals surface area contributed by atoms with Gasteiger partial charge in [0.2, 0.25) is 10.0 Å². The minimum Gasteiger partial charge on any atom is -0.377 e. The number of unbranched alkanes of at least 4 members (excludes halogenated alkanes) is 2. The average molecular weight is 391 g/mol. The molecule has 0 radical (unpaired) electrons. The predicted molar refractivity (Wildman–Crippen MR) is 112 cm³/mol. The largest absolute Gasteiger partial charge is 0.377 e. The van der Waals surface area contributed by atoms with Crippen LogP contribution in [0.15, 0.2) is 41.3 Å². The Labute approximate surface area is 162 Å². The molecule has 5 nitrogen and oxygen atoms in total. The van der Waals surface area contributed by atoms with E-state index in [1.807, 2.05) is 57.1 Å². The highest BCUT2D eigenvalue weighted by Gasteiger charge is 2.18. The van der Waals surface area contributed by atoms with E-state index >= 15 is 0 Å². The molecule has 0 fully saturated rings. The van der Waals surface area contributed by atoms with Crippen molar-refractivity contribution < 1.29 is 13.2 Å². The second kappa shape index (κ2) is 9.33. The zero-order chi connectivity index (χ0) is 20.0. The second-order valence-corrected chi connectivity index (χ2v) is 9.09. The summed E-state index contributed by atoms with van der Waals surface area (Å²) in [5.41, 5.74) is 0.986. The Morgan fingerprint density at radius 3 is 2.33 bits per heavy atom. The van der Waals surface area contributed by atoms with Crippen molar-refractivity contribution in [3.05, 3.63) is 36.4 Å². The summed E-state index contributed by atoms with van der Waals surface area (Å²) in [7, 11) is 0.304. The van der Waals surface area contributed by atoms with Crippen LogP contribution in [0.3, 0.4) is 0 Å². The molecule has 2 aromatic carbocycles. The summed E-state index contributed by atoms with van der Waals surface area (Å²) in [6, 6.07) is 11.1. The van der Waals surface area contributed by atoms with Gasteiger partial charge in [-0.2, -0.15) is 0 Å². The molecule has 2 rings (SSSR count). The number of hydrogen-bond donors (Lipinski definition) is 1. The van der Waals surface area contributed by atoms with Crippen LogP contribution in [0.4, 0.5) is 5.69 Å². The van der Waals surface area contributed by atoms with Gasteiger partial charge in [-0.05, 0) is 25.0 Å². The van der Waals surface area contributed by atoms with Crippen molar-refractivity contribution in [2.75, 3.05) is 25.5 Å². The third kappa shape index (κ3) is 5.53. The summed E-state index contributed by atoms with van der Waals surface area (Å²) in [4.78, 5) is 13.9. The topological polar surface area (TPSA) is 66.5 Å². The highest BCUT2D eigenvalue weighted by atomic mass is 32.2. The number of hydrogen-bond acceptors (Lipinski definition) is 4. The zero-order valence-electron chi connectivity index (χ0n) is 16.7. The minimum atomic E-state index is -3.58. The van der Waals surface area contributed by atoms with E-state index in [1.165, 1.54) is 0 Å². The molecule has 0 unspecified atom stereocenters. The van der Waals surface area contributed by atoms with Gasteiger partial charge >= 0.3 is 0 Å². The third-order valence-corrected chi connectivity index (χ3v) is 6.19. The Bertz CT molecular complexity index is 889. The average Bonchev–Trinajstić information content (AvgIpc) is 2.62. The minimum absolute atomic E-state index is 0.0712. The first-order valence-corrected chi connectivity index (χ1v) is 10.9. The van der Waals surface area contributed by atoms with E-state index in [1.54, 1.807) is 12.1 Å². The van der Waals surface area contributed by atoms with Crippen LogP contribution in [-0.4, -0.2) is 34.8 Å². The fourth-order valence-corrected chi connectivity index (χ4v) is 4.36. The first-order valence-electron chi connectivity index (χ1n) is 9.45. The van der Waals surface area contributed by atoms with Crippen LogP contribution in [-0.2, 0) is 14.8 Å². The van der Waals surface area contributed by atoms with Gasteiger partial charge < -0.3 is 4.90 Å². The standard InChI is InChI=1S/C21H30N2O3S/c1-16(2)20(24)13-6-5-7-15-22-27(25,26)21-14-9-10-17-18(21)11-8-12-19(17)23(3)4/h8-12,14,16,22H,5-7,13,15H2,1-4H3. The molecule has 27 heavy (non-hydrogen) atoms. The van der Waals surface area contributed by atoms with E-state index < -0.39 is 10.0 Å². The number of carbonyl (C=O) groups excluding carboxylic acids is 1. The van der Waals surface area contributed by atoms with Crippen molar-refractivity contribution in [2.45, 2.75) is 44.4 Å². The van der Waals surface area contributed by atoms with Crippen LogP contribution in [0.25, 0.3) is 10.8 Å². The highest BCUT2D eigenvalue weighted by molar-refractivity contribution is 7.89. The first kappa shape index (κ1) is 21.4. The van der Waals surface area contributed by atoms with Crippen LogP contribution in [0.5, 0.6) is 0 Å². The lowest BCUT2D eigenvalue weighted by Gasteiger charge is -2.17. The maximum absolute atomic E-state index is 12.8. The molecule has 0 saturated heterocycles. The van der Waals surface area contributed by atoms with Crippen LogP contribution in [0.1, 0.15) is 39.5 Å². The van der Waals surface area contributed by atoms with E-state index in [4.69, 9.17) is 0 Å². The van der Waals surface area contributed by atoms with E-state index in [-0.39, 0.29) is 11.7 Å². The fourth-order valence-electron chi connectivity index (χ4n) is 3.06. The Morgan fingerprint density at radius 1 is 1.00 bits per heavy atom. The number of benzene rings is 2. The highest BCUT2D eigenvalue weighted by Crippen LogP contribution is 2.30. The molecule has 0 spiro atoms. The van der Waals surface area contributed by atoms with Gasteiger partial charge in [0.1, 0.15) is 5.78 Å². The number of anilines is 1. The van der Waals surface area contributed by atoms with Gasteiger partial charge in [-0.15, -0.1) is 0 Å². The SMILES string of the molecule is CC(C)C(=O)CCCCCNS(=O)(=O)c1cccc2c(N(C)C)cccc12. The molecule has 0 bridgehead atoms. The van der Waals surface area contributed by atoms with Crippen molar-refractivity contribution in [2.24, 2.45) is 5.92 Å². The Kier molecular flexibility index (Phi) is 7.39. The van der Waals surface area contributed by atoms with Crippen LogP contribution >= 0.6 is 0 Å². The number of nitrogens with zero attached hydrogens (tertiary/aromatic N) is 1. The first-order chi connectivity index (χ1) is 12.7. The summed E-state index contributed by atoms with van der Waals surface area (Å²) >= 11 is 0. The summed E-state index contributed by atoms with van der Waals surface area (Å²) < 4.78 is 28.3. The van der Waals surface area contributed by atoms with E-state index in [9.17, 15) is 13.2 Å². The van der Waals surface area contributed by atoms with E-state index in [2.05, 4.69) is 4.72 Å². The second-order valence-electron chi connectivity index (χ2n) is 7.35. The molecule has 0 atom stereocenters. The molecule has 0 aliphatic heterocycles. The van der Waals surface area contributed by atoms with Crippen molar-refractivity contribution in [1.29, 1.82) is 0 Å². The van der Waals surface area contributed by atoms with Crippen molar-refractivity contribution in [3.8, 4) is 0 Å². The Hall–Kier alpha value is -1.92. The van der Waals surface area contributed by atoms with Crippen LogP contribution in [0, 0.1) is 5.92 Å². The molecule has 148 valence electrons. The molecular formula is C21H30N2O3S. The molecule has 0 amide bonds. The van der Waals surface area contributed by atoms with E-state index in [0.717, 1.165) is 35.7 Å². The van der Waals surface area contributed by atoms with Gasteiger partial charge in [-0.1, -0.05) is 44.5 Å². The van der Waals surface area contributed by atoms with Crippen molar-refractivity contribution in [1.82, 2.24) is 4.72 Å². The Balaban J connectivity index is 2.03. The van der Waals surface area contributed by atoms with E-state index in [0.29, 0.717) is 17.9 Å². The molecule has 1 N–H and O–H groups in total. The molecule has 0 aliphatic rings. The van der Waals surface area contributed by atoms with Crippen molar-refractivity contribution >= 4 is 32.3 Å². The number of rotatable bonds is 10. The number of carbonyl (C=O) groups is 1. The maximum Gasteiger partial charge on any atom is 0.241 e. The zero-order valence-corrected chi connectivity index (χ0v) is 17.5. The molecular weight excluding hydrogens is 360 g/mol. The summed E-state index contributed by atoms with van der Waals surface area (Å²) in [6.07, 6.45) is 2.93. The lowest BCUT2D eigenvalue weighted by molar-refractivity contribution is -0.122. The summed E-state index contributed by atoms with van der Waals surface area (Å²) in [5.74, 6) is 0.338. The van der Waals surface area contributed by atoms with Gasteiger partial charge in [0, 0.05) is 49.4 Å². The summed E-state index contributed by atoms with van der Waals surface area (Å²) in [6.45, 7) is 4.19. The predicted octanol–water partition coefficient (Wildman–Crippen LogP) is 3.97. The van der Waals surface area contributed by atoms with Gasteiger partial charge in [0.15, 0.2) is 0 Å². The molecule has 6 heteroatoms. The van der Waals surface area contributed by atoms with Crippen LogP contribution < -0.4 is 9.62 Å². The monoisotopic (exact) mass is 390 g/mol. The quantitative estimate of drug-likeness (QED) is 0.624. The smallest absolute Gasteiger partial charge is 0.241 e. The lowest BCUT2D eigenvalue weighted by atomic mass is 10.0. The normalized spacial score (nSPS) is 11.9. The van der Waals surface area contributed by atoms with Gasteiger partial charge in [-0.25, -0.2) is 13.1 Å². The van der Waals surface area contributed by atoms with Gasteiger partial charge in [0.05, 0.1) is 4.90 Å². The molecule has 2 aromatic rings. The number of ketones is 1. The number of fused-ring (bicyclic) bond motifs is 1. The molecule has 0 aromatic heterocycles. The molecule has 0 heterocycles. The van der Waals surface area contributed by atoms with Crippen LogP contribution in [0.2, 0.25) is 0 Å².